The predicted octanol–water partition coefficient (Wildman–Crippen LogP) is 1.86. The second-order valence-corrected chi connectivity index (χ2v) is 3.09. The summed E-state index contributed by atoms with van der Waals surface area (Å²) < 4.78 is 4.74. The summed E-state index contributed by atoms with van der Waals surface area (Å²) in [5, 5.41) is 0. The van der Waals surface area contributed by atoms with Crippen LogP contribution < -0.4 is 0 Å². The van der Waals surface area contributed by atoms with Gasteiger partial charge in [0.2, 0.25) is 6.29 Å². The SMILES string of the molecule is CCCCC([C]=O)CCOC(C)=O. The van der Waals surface area contributed by atoms with Crippen molar-refractivity contribution in [3.63, 3.8) is 0 Å². The lowest BCUT2D eigenvalue weighted by Gasteiger charge is -2.07. The molecule has 0 bridgehead atoms. The van der Waals surface area contributed by atoms with Gasteiger partial charge in [-0.05, 0) is 12.8 Å². The van der Waals surface area contributed by atoms with E-state index in [9.17, 15) is 9.59 Å². The third-order valence-electron chi connectivity index (χ3n) is 1.84. The molecule has 13 heavy (non-hydrogen) atoms. The second-order valence-electron chi connectivity index (χ2n) is 3.09. The normalized spacial score (nSPS) is 12.2. The van der Waals surface area contributed by atoms with Crippen LogP contribution in [0.25, 0.3) is 0 Å². The van der Waals surface area contributed by atoms with Crippen LogP contribution in [0, 0.1) is 5.92 Å². The van der Waals surface area contributed by atoms with Crippen LogP contribution in [0.5, 0.6) is 0 Å². The molecule has 0 saturated carbocycles. The molecule has 3 nitrogen and oxygen atoms in total. The highest BCUT2D eigenvalue weighted by Crippen LogP contribution is 2.10. The first-order valence-electron chi connectivity index (χ1n) is 4.71. The van der Waals surface area contributed by atoms with E-state index in [1.165, 1.54) is 6.92 Å². The van der Waals surface area contributed by atoms with Crippen LogP contribution in [0.1, 0.15) is 39.5 Å². The molecule has 0 saturated heterocycles. The van der Waals surface area contributed by atoms with E-state index in [0.717, 1.165) is 19.3 Å². The maximum Gasteiger partial charge on any atom is 0.302 e. The van der Waals surface area contributed by atoms with E-state index < -0.39 is 0 Å². The van der Waals surface area contributed by atoms with Crippen LogP contribution in [0.3, 0.4) is 0 Å². The fourth-order valence-corrected chi connectivity index (χ4v) is 1.06. The molecular formula is C10H17O3. The second kappa shape index (κ2) is 7.77. The molecule has 3 heteroatoms. The van der Waals surface area contributed by atoms with Crippen LogP contribution in [-0.2, 0) is 14.3 Å². The van der Waals surface area contributed by atoms with Gasteiger partial charge in [-0.3, -0.25) is 9.59 Å². The summed E-state index contributed by atoms with van der Waals surface area (Å²) in [7, 11) is 0. The van der Waals surface area contributed by atoms with Gasteiger partial charge in [-0.15, -0.1) is 0 Å². The van der Waals surface area contributed by atoms with Crippen molar-refractivity contribution in [2.75, 3.05) is 6.61 Å². The lowest BCUT2D eigenvalue weighted by atomic mass is 10.0. The summed E-state index contributed by atoms with van der Waals surface area (Å²) in [6.07, 6.45) is 5.52. The zero-order valence-electron chi connectivity index (χ0n) is 8.34. The Morgan fingerprint density at radius 2 is 2.15 bits per heavy atom. The number of unbranched alkanes of at least 4 members (excludes halogenated alkanes) is 1. The minimum Gasteiger partial charge on any atom is -0.466 e. The number of hydrogen-bond acceptors (Lipinski definition) is 3. The van der Waals surface area contributed by atoms with Gasteiger partial charge in [-0.2, -0.15) is 0 Å². The van der Waals surface area contributed by atoms with Gasteiger partial charge >= 0.3 is 5.97 Å². The maximum absolute atomic E-state index is 10.4. The molecule has 0 spiro atoms. The third-order valence-corrected chi connectivity index (χ3v) is 1.84. The van der Waals surface area contributed by atoms with Gasteiger partial charge in [0.15, 0.2) is 0 Å². The summed E-state index contributed by atoms with van der Waals surface area (Å²) in [6.45, 7) is 3.78. The zero-order valence-corrected chi connectivity index (χ0v) is 8.34. The molecule has 75 valence electrons. The van der Waals surface area contributed by atoms with Crippen molar-refractivity contribution in [3.05, 3.63) is 0 Å². The minimum absolute atomic E-state index is 0.0701. The first kappa shape index (κ1) is 12.1. The van der Waals surface area contributed by atoms with E-state index >= 15 is 0 Å². The van der Waals surface area contributed by atoms with Crippen molar-refractivity contribution in [1.82, 2.24) is 0 Å². The van der Waals surface area contributed by atoms with Crippen molar-refractivity contribution in [1.29, 1.82) is 0 Å². The smallest absolute Gasteiger partial charge is 0.302 e. The number of rotatable bonds is 7. The van der Waals surface area contributed by atoms with Gasteiger partial charge in [0.05, 0.1) is 6.61 Å². The van der Waals surface area contributed by atoms with Crippen LogP contribution >= 0.6 is 0 Å². The minimum atomic E-state index is -0.292. The van der Waals surface area contributed by atoms with E-state index in [-0.39, 0.29) is 11.9 Å². The van der Waals surface area contributed by atoms with Crippen molar-refractivity contribution < 1.29 is 14.3 Å². The highest BCUT2D eigenvalue weighted by molar-refractivity contribution is 5.65. The third kappa shape index (κ3) is 7.50. The van der Waals surface area contributed by atoms with Gasteiger partial charge in [0, 0.05) is 12.8 Å². The quantitative estimate of drug-likeness (QED) is 0.568. The molecule has 1 radical (unpaired) electrons. The molecule has 0 rings (SSSR count). The van der Waals surface area contributed by atoms with E-state index in [1.807, 2.05) is 6.29 Å². The Balaban J connectivity index is 3.47. The Morgan fingerprint density at radius 3 is 2.62 bits per heavy atom. The predicted molar refractivity (Wildman–Crippen MR) is 50.0 cm³/mol. The van der Waals surface area contributed by atoms with Gasteiger partial charge in [0.25, 0.3) is 0 Å². The van der Waals surface area contributed by atoms with Crippen LogP contribution in [0.2, 0.25) is 0 Å². The van der Waals surface area contributed by atoms with Crippen molar-refractivity contribution >= 4 is 12.3 Å². The molecule has 0 aromatic rings. The molecule has 0 N–H and O–H groups in total. The van der Waals surface area contributed by atoms with Crippen molar-refractivity contribution in [2.45, 2.75) is 39.5 Å². The van der Waals surface area contributed by atoms with E-state index in [4.69, 9.17) is 4.74 Å². The summed E-state index contributed by atoms with van der Waals surface area (Å²) >= 11 is 0. The van der Waals surface area contributed by atoms with Crippen LogP contribution in [-0.4, -0.2) is 18.9 Å². The summed E-state index contributed by atoms with van der Waals surface area (Å²) in [5.41, 5.74) is 0. The molecule has 0 heterocycles. The number of carbonyl (C=O) groups is 1. The standard InChI is InChI=1S/C10H17O3/c1-3-4-5-10(8-11)6-7-13-9(2)12/h10H,3-7H2,1-2H3. The van der Waals surface area contributed by atoms with E-state index in [1.54, 1.807) is 0 Å². The largest absolute Gasteiger partial charge is 0.466 e. The molecule has 0 aromatic carbocycles. The first-order chi connectivity index (χ1) is 6.20. The van der Waals surface area contributed by atoms with Crippen LogP contribution in [0.15, 0.2) is 0 Å². The average Bonchev–Trinajstić information content (AvgIpc) is 2.10. The number of ether oxygens (including phenoxy) is 1. The average molecular weight is 185 g/mol. The molecule has 1 atom stereocenters. The van der Waals surface area contributed by atoms with E-state index in [0.29, 0.717) is 13.0 Å². The molecular weight excluding hydrogens is 168 g/mol. The monoisotopic (exact) mass is 185 g/mol. The Morgan fingerprint density at radius 1 is 1.46 bits per heavy atom. The Bertz CT molecular complexity index is 154. The Kier molecular flexibility index (Phi) is 7.26. The Hall–Kier alpha value is -0.860. The van der Waals surface area contributed by atoms with Crippen molar-refractivity contribution in [2.24, 2.45) is 5.92 Å². The number of carbonyl (C=O) groups excluding carboxylic acids is 2. The molecule has 0 fully saturated rings. The summed E-state index contributed by atoms with van der Waals surface area (Å²) in [4.78, 5) is 20.8. The van der Waals surface area contributed by atoms with Gasteiger partial charge < -0.3 is 4.74 Å². The molecule has 0 aromatic heterocycles. The Labute approximate surface area is 79.5 Å². The number of hydrogen-bond donors (Lipinski definition) is 0. The highest BCUT2D eigenvalue weighted by atomic mass is 16.5. The van der Waals surface area contributed by atoms with Crippen LogP contribution in [0.4, 0.5) is 0 Å². The molecule has 0 amide bonds. The molecule has 0 aliphatic carbocycles. The molecule has 0 aliphatic rings. The zero-order chi connectivity index (χ0) is 10.1. The van der Waals surface area contributed by atoms with Crippen molar-refractivity contribution in [3.8, 4) is 0 Å². The fourth-order valence-electron chi connectivity index (χ4n) is 1.06. The van der Waals surface area contributed by atoms with E-state index in [2.05, 4.69) is 6.92 Å². The first-order valence-corrected chi connectivity index (χ1v) is 4.71. The molecule has 0 aliphatic heterocycles. The topological polar surface area (TPSA) is 43.4 Å². The number of esters is 1. The summed E-state index contributed by atoms with van der Waals surface area (Å²) in [6, 6.07) is 0. The fraction of sp³-hybridized carbons (Fsp3) is 0.800. The maximum atomic E-state index is 10.4. The lowest BCUT2D eigenvalue weighted by molar-refractivity contribution is -0.141. The van der Waals surface area contributed by atoms with Gasteiger partial charge in [-0.25, -0.2) is 0 Å². The highest BCUT2D eigenvalue weighted by Gasteiger charge is 2.08. The summed E-state index contributed by atoms with van der Waals surface area (Å²) in [5.74, 6) is -0.362. The lowest BCUT2D eigenvalue weighted by Crippen LogP contribution is -2.08. The van der Waals surface area contributed by atoms with Gasteiger partial charge in [0.1, 0.15) is 0 Å². The van der Waals surface area contributed by atoms with Gasteiger partial charge in [-0.1, -0.05) is 19.8 Å². The molecule has 1 unspecified atom stereocenters.